The van der Waals surface area contributed by atoms with Gasteiger partial charge >= 0.3 is 0 Å². The van der Waals surface area contributed by atoms with Crippen molar-refractivity contribution < 1.29 is 4.79 Å². The smallest absolute Gasteiger partial charge is 0.262 e. The number of amides is 1. The van der Waals surface area contributed by atoms with Crippen molar-refractivity contribution in [2.75, 3.05) is 5.32 Å². The summed E-state index contributed by atoms with van der Waals surface area (Å²) in [6, 6.07) is 16.8. The highest BCUT2D eigenvalue weighted by Gasteiger charge is 2.21. The molecule has 2 aromatic heterocycles. The molecule has 4 aromatic rings. The number of fused-ring (bicyclic) bond motifs is 3. The van der Waals surface area contributed by atoms with E-state index < -0.39 is 5.25 Å². The zero-order chi connectivity index (χ0) is 21.1. The number of para-hydroxylation sites is 2. The maximum absolute atomic E-state index is 13.0. The Morgan fingerprint density at radius 2 is 1.83 bits per heavy atom. The number of hydrogen-bond donors (Lipinski definition) is 1. The Balaban J connectivity index is 1.72. The Morgan fingerprint density at radius 3 is 2.60 bits per heavy atom. The van der Waals surface area contributed by atoms with Crippen molar-refractivity contribution in [1.82, 2.24) is 19.2 Å². The van der Waals surface area contributed by atoms with E-state index in [0.717, 1.165) is 24.0 Å². The average molecular weight is 422 g/mol. The van der Waals surface area contributed by atoms with Gasteiger partial charge in [-0.3, -0.25) is 18.6 Å². The van der Waals surface area contributed by atoms with Crippen LogP contribution >= 0.6 is 11.8 Å². The molecule has 0 aliphatic heterocycles. The number of carbonyl (C=O) groups is 1. The Bertz CT molecular complexity index is 1250. The van der Waals surface area contributed by atoms with Gasteiger partial charge in [0.25, 0.3) is 5.56 Å². The number of benzene rings is 2. The van der Waals surface area contributed by atoms with Crippen molar-refractivity contribution in [3.8, 4) is 0 Å². The van der Waals surface area contributed by atoms with Gasteiger partial charge in [0.15, 0.2) is 5.16 Å². The van der Waals surface area contributed by atoms with E-state index in [0.29, 0.717) is 22.9 Å². The molecule has 1 atom stereocenters. The van der Waals surface area contributed by atoms with E-state index in [1.54, 1.807) is 4.57 Å². The third-order valence-electron chi connectivity index (χ3n) is 4.91. The SMILES string of the molecule is CCCCn1c(=O)c2ccccc2n2c(S[C@H](C)C(=O)Nc3ccccc3)nnc12. The van der Waals surface area contributed by atoms with Gasteiger partial charge in [-0.1, -0.05) is 55.4 Å². The minimum Gasteiger partial charge on any atom is -0.325 e. The number of rotatable bonds is 7. The van der Waals surface area contributed by atoms with Crippen LogP contribution in [0.4, 0.5) is 5.69 Å². The molecular formula is C22H23N5O2S. The number of thioether (sulfide) groups is 1. The summed E-state index contributed by atoms with van der Waals surface area (Å²) in [5, 5.41) is 12.3. The number of unbranched alkanes of at least 4 members (excludes halogenated alkanes) is 1. The van der Waals surface area contributed by atoms with Crippen molar-refractivity contribution in [1.29, 1.82) is 0 Å². The van der Waals surface area contributed by atoms with Crippen molar-refractivity contribution in [2.45, 2.75) is 43.6 Å². The van der Waals surface area contributed by atoms with Crippen LogP contribution in [-0.2, 0) is 11.3 Å². The largest absolute Gasteiger partial charge is 0.325 e. The molecule has 0 saturated heterocycles. The van der Waals surface area contributed by atoms with E-state index in [2.05, 4.69) is 22.4 Å². The predicted octanol–water partition coefficient (Wildman–Crippen LogP) is 3.96. The Labute approximate surface area is 178 Å². The lowest BCUT2D eigenvalue weighted by Gasteiger charge is -2.13. The van der Waals surface area contributed by atoms with E-state index in [1.165, 1.54) is 11.8 Å². The van der Waals surface area contributed by atoms with Crippen LogP contribution in [0.1, 0.15) is 26.7 Å². The fourth-order valence-electron chi connectivity index (χ4n) is 3.30. The van der Waals surface area contributed by atoms with Crippen LogP contribution in [0.15, 0.2) is 64.5 Å². The second kappa shape index (κ2) is 8.71. The van der Waals surface area contributed by atoms with Crippen LogP contribution in [0.2, 0.25) is 0 Å². The minimum atomic E-state index is -0.396. The predicted molar refractivity (Wildman–Crippen MR) is 120 cm³/mol. The van der Waals surface area contributed by atoms with Gasteiger partial charge in [-0.25, -0.2) is 0 Å². The lowest BCUT2D eigenvalue weighted by atomic mass is 10.2. The molecule has 2 aromatic carbocycles. The fourth-order valence-corrected chi connectivity index (χ4v) is 4.16. The van der Waals surface area contributed by atoms with E-state index >= 15 is 0 Å². The first-order valence-corrected chi connectivity index (χ1v) is 10.9. The summed E-state index contributed by atoms with van der Waals surface area (Å²) >= 11 is 1.32. The van der Waals surface area contributed by atoms with E-state index in [9.17, 15) is 9.59 Å². The molecule has 0 aliphatic carbocycles. The molecule has 0 radical (unpaired) electrons. The molecular weight excluding hydrogens is 398 g/mol. The topological polar surface area (TPSA) is 81.3 Å². The Hall–Kier alpha value is -3.13. The van der Waals surface area contributed by atoms with Crippen molar-refractivity contribution in [3.05, 3.63) is 65.0 Å². The maximum Gasteiger partial charge on any atom is 0.262 e. The number of aromatic nitrogens is 4. The number of anilines is 1. The molecule has 0 unspecified atom stereocenters. The molecule has 154 valence electrons. The van der Waals surface area contributed by atoms with Gasteiger partial charge in [-0.2, -0.15) is 0 Å². The molecule has 8 heteroatoms. The van der Waals surface area contributed by atoms with E-state index in [-0.39, 0.29) is 11.5 Å². The van der Waals surface area contributed by atoms with Gasteiger partial charge in [0.2, 0.25) is 11.7 Å². The summed E-state index contributed by atoms with van der Waals surface area (Å²) < 4.78 is 3.56. The summed E-state index contributed by atoms with van der Waals surface area (Å²) in [5.74, 6) is 0.386. The van der Waals surface area contributed by atoms with Crippen LogP contribution in [-0.4, -0.2) is 30.3 Å². The van der Waals surface area contributed by atoms with Gasteiger partial charge in [0.05, 0.1) is 16.2 Å². The van der Waals surface area contributed by atoms with Crippen molar-refractivity contribution in [3.63, 3.8) is 0 Å². The molecule has 1 amide bonds. The van der Waals surface area contributed by atoms with Gasteiger partial charge in [-0.05, 0) is 37.6 Å². The molecule has 2 heterocycles. The number of nitrogens with zero attached hydrogens (tertiary/aromatic N) is 4. The second-order valence-corrected chi connectivity index (χ2v) is 8.37. The van der Waals surface area contributed by atoms with Crippen molar-refractivity contribution >= 4 is 40.0 Å². The quantitative estimate of drug-likeness (QED) is 0.457. The fraction of sp³-hybridized carbons (Fsp3) is 0.273. The monoisotopic (exact) mass is 421 g/mol. The van der Waals surface area contributed by atoms with Crippen molar-refractivity contribution in [2.24, 2.45) is 0 Å². The lowest BCUT2D eigenvalue weighted by Crippen LogP contribution is -2.24. The highest BCUT2D eigenvalue weighted by atomic mass is 32.2. The molecule has 1 N–H and O–H groups in total. The standard InChI is InChI=1S/C22H23N5O2S/c1-3-4-14-26-20(29)17-12-8-9-13-18(17)27-21(26)24-25-22(27)30-15(2)19(28)23-16-10-6-5-7-11-16/h5-13,15H,3-4,14H2,1-2H3,(H,23,28)/t15-/m1/s1. The van der Waals surface area contributed by atoms with E-state index in [1.807, 2.05) is 65.9 Å². The number of hydrogen-bond acceptors (Lipinski definition) is 5. The number of nitrogens with one attached hydrogen (secondary N) is 1. The van der Waals surface area contributed by atoms with Gasteiger partial charge in [0.1, 0.15) is 0 Å². The highest BCUT2D eigenvalue weighted by Crippen LogP contribution is 2.26. The summed E-state index contributed by atoms with van der Waals surface area (Å²) in [6.45, 7) is 4.50. The van der Waals surface area contributed by atoms with Crippen LogP contribution in [0.3, 0.4) is 0 Å². The van der Waals surface area contributed by atoms with Crippen LogP contribution < -0.4 is 10.9 Å². The van der Waals surface area contributed by atoms with Crippen LogP contribution in [0, 0.1) is 0 Å². The molecule has 7 nitrogen and oxygen atoms in total. The lowest BCUT2D eigenvalue weighted by molar-refractivity contribution is -0.115. The third-order valence-corrected chi connectivity index (χ3v) is 5.95. The number of aryl methyl sites for hydroxylation is 1. The Kier molecular flexibility index (Phi) is 5.85. The summed E-state index contributed by atoms with van der Waals surface area (Å²) in [5.41, 5.74) is 1.43. The van der Waals surface area contributed by atoms with Gasteiger partial charge in [-0.15, -0.1) is 10.2 Å². The molecule has 0 bridgehead atoms. The average Bonchev–Trinajstić information content (AvgIpc) is 3.18. The maximum atomic E-state index is 13.0. The minimum absolute atomic E-state index is 0.0645. The second-order valence-electron chi connectivity index (χ2n) is 7.06. The van der Waals surface area contributed by atoms with Gasteiger partial charge < -0.3 is 5.32 Å². The highest BCUT2D eigenvalue weighted by molar-refractivity contribution is 8.00. The van der Waals surface area contributed by atoms with E-state index in [4.69, 9.17) is 0 Å². The summed E-state index contributed by atoms with van der Waals surface area (Å²) in [6.07, 6.45) is 1.84. The zero-order valence-electron chi connectivity index (χ0n) is 16.9. The molecule has 30 heavy (non-hydrogen) atoms. The molecule has 0 saturated carbocycles. The summed E-state index contributed by atoms with van der Waals surface area (Å²) in [7, 11) is 0. The molecule has 0 fully saturated rings. The first kappa shape index (κ1) is 20.2. The number of carbonyl (C=O) groups excluding carboxylic acids is 1. The zero-order valence-corrected chi connectivity index (χ0v) is 17.7. The molecule has 4 rings (SSSR count). The van der Waals surface area contributed by atoms with Gasteiger partial charge in [0, 0.05) is 12.2 Å². The first-order valence-electron chi connectivity index (χ1n) is 9.99. The van der Waals surface area contributed by atoms with Crippen LogP contribution in [0.5, 0.6) is 0 Å². The first-order chi connectivity index (χ1) is 14.6. The third kappa shape index (κ3) is 3.82. The molecule has 0 aliphatic rings. The Morgan fingerprint density at radius 1 is 1.10 bits per heavy atom. The summed E-state index contributed by atoms with van der Waals surface area (Å²) in [4.78, 5) is 25.7. The van der Waals surface area contributed by atoms with Crippen LogP contribution in [0.25, 0.3) is 16.7 Å². The normalized spacial score (nSPS) is 12.3. The molecule has 0 spiro atoms.